The predicted molar refractivity (Wildman–Crippen MR) is 77.8 cm³/mol. The summed E-state index contributed by atoms with van der Waals surface area (Å²) < 4.78 is 33.2. The normalized spacial score (nSPS) is 17.7. The summed E-state index contributed by atoms with van der Waals surface area (Å²) in [5.41, 5.74) is 6.35. The lowest BCUT2D eigenvalue weighted by atomic mass is 9.93. The second-order valence-corrected chi connectivity index (χ2v) is 7.77. The third kappa shape index (κ3) is 2.64. The van der Waals surface area contributed by atoms with Crippen LogP contribution in [0.15, 0.2) is 9.31 Å². The van der Waals surface area contributed by atoms with E-state index >= 15 is 0 Å². The highest BCUT2D eigenvalue weighted by molar-refractivity contribution is 7.89. The van der Waals surface area contributed by atoms with Crippen LogP contribution in [0.1, 0.15) is 43.8 Å². The first-order chi connectivity index (χ1) is 9.23. The van der Waals surface area contributed by atoms with Crippen molar-refractivity contribution < 1.29 is 12.8 Å². The van der Waals surface area contributed by atoms with Crippen LogP contribution in [0.3, 0.4) is 0 Å². The van der Waals surface area contributed by atoms with Gasteiger partial charge in [-0.3, -0.25) is 0 Å². The maximum Gasteiger partial charge on any atom is 0.244 e. The molecule has 0 unspecified atom stereocenters. The van der Waals surface area contributed by atoms with Gasteiger partial charge in [-0.25, -0.2) is 13.1 Å². The fourth-order valence-corrected chi connectivity index (χ4v) is 4.32. The lowest BCUT2D eigenvalue weighted by Crippen LogP contribution is -2.33. The molecular formula is C14H24N2O3S. The van der Waals surface area contributed by atoms with Crippen molar-refractivity contribution >= 4 is 10.0 Å². The quantitative estimate of drug-likeness (QED) is 0.842. The highest BCUT2D eigenvalue weighted by Gasteiger charge is 2.46. The van der Waals surface area contributed by atoms with E-state index in [1.807, 2.05) is 0 Å². The Hall–Kier alpha value is -0.850. The van der Waals surface area contributed by atoms with Crippen molar-refractivity contribution in [3.8, 4) is 0 Å². The zero-order valence-electron chi connectivity index (χ0n) is 12.6. The van der Waals surface area contributed by atoms with E-state index in [1.165, 1.54) is 0 Å². The molecule has 0 atom stereocenters. The number of nitrogens with one attached hydrogen (secondary N) is 1. The monoisotopic (exact) mass is 300 g/mol. The first-order valence-corrected chi connectivity index (χ1v) is 8.50. The topological polar surface area (TPSA) is 85.3 Å². The molecule has 6 heteroatoms. The molecule has 1 aromatic heterocycles. The van der Waals surface area contributed by atoms with Gasteiger partial charge >= 0.3 is 0 Å². The van der Waals surface area contributed by atoms with Crippen molar-refractivity contribution in [3.63, 3.8) is 0 Å². The SMILES string of the molecule is Cc1oc(C)c(S(=O)(=O)NCC2(C(C)C)CC2)c1CN. The third-order valence-corrected chi connectivity index (χ3v) is 6.12. The summed E-state index contributed by atoms with van der Waals surface area (Å²) in [6.45, 7) is 8.33. The molecule has 1 aromatic rings. The summed E-state index contributed by atoms with van der Waals surface area (Å²) in [7, 11) is -3.56. The lowest BCUT2D eigenvalue weighted by molar-refractivity contribution is 0.357. The Kier molecular flexibility index (Phi) is 4.01. The maximum absolute atomic E-state index is 12.5. The number of sulfonamides is 1. The van der Waals surface area contributed by atoms with Crippen LogP contribution in [0.2, 0.25) is 0 Å². The summed E-state index contributed by atoms with van der Waals surface area (Å²) in [6, 6.07) is 0. The Morgan fingerprint density at radius 3 is 2.35 bits per heavy atom. The van der Waals surface area contributed by atoms with Crippen LogP contribution in [-0.4, -0.2) is 15.0 Å². The summed E-state index contributed by atoms with van der Waals surface area (Å²) in [5, 5.41) is 0. The average molecular weight is 300 g/mol. The standard InChI is InChI=1S/C14H24N2O3S/c1-9(2)14(5-6-14)8-16-20(17,18)13-11(4)19-10(3)12(13)7-15/h9,16H,5-8,15H2,1-4H3. The Morgan fingerprint density at radius 1 is 1.30 bits per heavy atom. The summed E-state index contributed by atoms with van der Waals surface area (Å²) >= 11 is 0. The van der Waals surface area contributed by atoms with E-state index in [0.717, 1.165) is 12.8 Å². The molecule has 0 saturated heterocycles. The molecule has 1 saturated carbocycles. The van der Waals surface area contributed by atoms with Crippen molar-refractivity contribution in [1.29, 1.82) is 0 Å². The van der Waals surface area contributed by atoms with Crippen molar-refractivity contribution in [2.45, 2.75) is 52.0 Å². The van der Waals surface area contributed by atoms with Crippen LogP contribution in [0.25, 0.3) is 0 Å². The van der Waals surface area contributed by atoms with E-state index < -0.39 is 10.0 Å². The molecule has 3 N–H and O–H groups in total. The summed E-state index contributed by atoms with van der Waals surface area (Å²) in [6.07, 6.45) is 2.17. The molecule has 1 heterocycles. The molecule has 0 bridgehead atoms. The Labute approximate surface area is 121 Å². The number of rotatable bonds is 6. The number of hydrogen-bond acceptors (Lipinski definition) is 4. The molecule has 0 aliphatic heterocycles. The van der Waals surface area contributed by atoms with E-state index in [1.54, 1.807) is 13.8 Å². The number of hydrogen-bond donors (Lipinski definition) is 2. The van der Waals surface area contributed by atoms with Gasteiger partial charge in [0, 0.05) is 18.7 Å². The first kappa shape index (κ1) is 15.5. The Bertz CT molecular complexity index is 598. The summed E-state index contributed by atoms with van der Waals surface area (Å²) in [4.78, 5) is 0.219. The van der Waals surface area contributed by atoms with Crippen LogP contribution >= 0.6 is 0 Å². The minimum absolute atomic E-state index is 0.128. The van der Waals surface area contributed by atoms with Crippen molar-refractivity contribution in [1.82, 2.24) is 4.72 Å². The van der Waals surface area contributed by atoms with Gasteiger partial charge in [0.05, 0.1) is 0 Å². The van der Waals surface area contributed by atoms with Gasteiger partial charge in [0.2, 0.25) is 10.0 Å². The zero-order valence-corrected chi connectivity index (χ0v) is 13.4. The largest absolute Gasteiger partial charge is 0.465 e. The van der Waals surface area contributed by atoms with Crippen LogP contribution in [0.5, 0.6) is 0 Å². The van der Waals surface area contributed by atoms with E-state index in [4.69, 9.17) is 10.2 Å². The van der Waals surface area contributed by atoms with Gasteiger partial charge in [0.25, 0.3) is 0 Å². The predicted octanol–water partition coefficient (Wildman–Crippen LogP) is 2.07. The molecule has 0 spiro atoms. The van der Waals surface area contributed by atoms with Crippen LogP contribution < -0.4 is 10.5 Å². The van der Waals surface area contributed by atoms with Gasteiger partial charge in [0.15, 0.2) is 0 Å². The zero-order chi connectivity index (χ0) is 15.1. The Morgan fingerprint density at radius 2 is 1.90 bits per heavy atom. The molecule has 5 nitrogen and oxygen atoms in total. The Balaban J connectivity index is 2.23. The van der Waals surface area contributed by atoms with Gasteiger partial charge in [-0.15, -0.1) is 0 Å². The summed E-state index contributed by atoms with van der Waals surface area (Å²) in [5.74, 6) is 1.46. The fourth-order valence-electron chi connectivity index (χ4n) is 2.73. The van der Waals surface area contributed by atoms with E-state index in [-0.39, 0.29) is 16.9 Å². The second kappa shape index (κ2) is 5.16. The lowest BCUT2D eigenvalue weighted by Gasteiger charge is -2.20. The fraction of sp³-hybridized carbons (Fsp3) is 0.714. The molecule has 0 amide bonds. The molecule has 1 aliphatic carbocycles. The molecular weight excluding hydrogens is 276 g/mol. The molecule has 1 aliphatic rings. The smallest absolute Gasteiger partial charge is 0.244 e. The average Bonchev–Trinajstić information content (AvgIpc) is 3.08. The van der Waals surface area contributed by atoms with Crippen LogP contribution in [-0.2, 0) is 16.6 Å². The maximum atomic E-state index is 12.5. The van der Waals surface area contributed by atoms with Gasteiger partial charge < -0.3 is 10.2 Å². The van der Waals surface area contributed by atoms with E-state index in [9.17, 15) is 8.42 Å². The van der Waals surface area contributed by atoms with Crippen molar-refractivity contribution in [2.24, 2.45) is 17.1 Å². The van der Waals surface area contributed by atoms with Gasteiger partial charge in [-0.1, -0.05) is 13.8 Å². The number of aryl methyl sites for hydroxylation is 2. The molecule has 20 heavy (non-hydrogen) atoms. The third-order valence-electron chi connectivity index (χ3n) is 4.53. The number of furan rings is 1. The molecule has 114 valence electrons. The minimum atomic E-state index is -3.56. The first-order valence-electron chi connectivity index (χ1n) is 7.02. The van der Waals surface area contributed by atoms with Gasteiger partial charge in [-0.05, 0) is 38.0 Å². The van der Waals surface area contributed by atoms with Crippen molar-refractivity contribution in [3.05, 3.63) is 17.1 Å². The van der Waals surface area contributed by atoms with E-state index in [0.29, 0.717) is 29.5 Å². The highest BCUT2D eigenvalue weighted by Crippen LogP contribution is 2.51. The molecule has 0 radical (unpaired) electrons. The highest BCUT2D eigenvalue weighted by atomic mass is 32.2. The van der Waals surface area contributed by atoms with E-state index in [2.05, 4.69) is 18.6 Å². The second-order valence-electron chi connectivity index (χ2n) is 6.07. The van der Waals surface area contributed by atoms with Crippen LogP contribution in [0.4, 0.5) is 0 Å². The molecule has 2 rings (SSSR count). The number of nitrogens with two attached hydrogens (primary N) is 1. The van der Waals surface area contributed by atoms with Gasteiger partial charge in [0.1, 0.15) is 16.4 Å². The van der Waals surface area contributed by atoms with Gasteiger partial charge in [-0.2, -0.15) is 0 Å². The molecule has 1 fully saturated rings. The van der Waals surface area contributed by atoms with Crippen molar-refractivity contribution in [2.75, 3.05) is 6.54 Å². The molecule has 0 aromatic carbocycles. The minimum Gasteiger partial charge on any atom is -0.465 e. The van der Waals surface area contributed by atoms with Crippen LogP contribution in [0, 0.1) is 25.2 Å².